The van der Waals surface area contributed by atoms with Gasteiger partial charge in [-0.05, 0) is 18.9 Å². The van der Waals surface area contributed by atoms with Crippen LogP contribution in [0.25, 0.3) is 10.9 Å². The Balaban J connectivity index is 1.90. The van der Waals surface area contributed by atoms with E-state index in [0.29, 0.717) is 6.04 Å². The molecule has 1 aromatic carbocycles. The minimum Gasteiger partial charge on any atom is -0.379 e. The molecular weight excluding hydrogens is 246 g/mol. The lowest BCUT2D eigenvalue weighted by Crippen LogP contribution is -2.32. The van der Waals surface area contributed by atoms with Crippen molar-refractivity contribution in [2.75, 3.05) is 5.32 Å². The summed E-state index contributed by atoms with van der Waals surface area (Å²) < 4.78 is 0. The molecule has 0 bridgehead atoms. The Morgan fingerprint density at radius 2 is 2.00 bits per heavy atom. The van der Waals surface area contributed by atoms with Crippen molar-refractivity contribution in [2.45, 2.75) is 37.1 Å². The maximum atomic E-state index is 6.39. The SMILES string of the molecule is ClC1CCCCC1Nc1cnnc2ccccc12. The van der Waals surface area contributed by atoms with Gasteiger partial charge in [0.1, 0.15) is 0 Å². The molecule has 0 radical (unpaired) electrons. The highest BCUT2D eigenvalue weighted by Crippen LogP contribution is 2.28. The van der Waals surface area contributed by atoms with Gasteiger partial charge in [0.2, 0.25) is 0 Å². The van der Waals surface area contributed by atoms with E-state index in [-0.39, 0.29) is 5.38 Å². The molecule has 1 fully saturated rings. The smallest absolute Gasteiger partial charge is 0.0950 e. The summed E-state index contributed by atoms with van der Waals surface area (Å²) in [5.41, 5.74) is 1.96. The van der Waals surface area contributed by atoms with Crippen molar-refractivity contribution in [3.63, 3.8) is 0 Å². The molecular formula is C14H16ClN3. The van der Waals surface area contributed by atoms with Crippen molar-refractivity contribution in [1.82, 2.24) is 10.2 Å². The fourth-order valence-electron chi connectivity index (χ4n) is 2.57. The van der Waals surface area contributed by atoms with Crippen LogP contribution < -0.4 is 5.32 Å². The third-order valence-electron chi connectivity index (χ3n) is 3.57. The fraction of sp³-hybridized carbons (Fsp3) is 0.429. The van der Waals surface area contributed by atoms with E-state index in [2.05, 4.69) is 21.6 Å². The van der Waals surface area contributed by atoms with E-state index < -0.39 is 0 Å². The van der Waals surface area contributed by atoms with Crippen LogP contribution in [-0.4, -0.2) is 21.6 Å². The first-order valence-corrected chi connectivity index (χ1v) is 6.89. The molecule has 2 atom stereocenters. The van der Waals surface area contributed by atoms with Crippen LogP contribution in [0.2, 0.25) is 0 Å². The van der Waals surface area contributed by atoms with E-state index >= 15 is 0 Å². The number of rotatable bonds is 2. The van der Waals surface area contributed by atoms with Crippen LogP contribution >= 0.6 is 11.6 Å². The average molecular weight is 262 g/mol. The summed E-state index contributed by atoms with van der Waals surface area (Å²) >= 11 is 6.39. The Hall–Kier alpha value is -1.35. The fourth-order valence-corrected chi connectivity index (χ4v) is 2.91. The maximum Gasteiger partial charge on any atom is 0.0950 e. The van der Waals surface area contributed by atoms with Gasteiger partial charge in [0.05, 0.1) is 22.8 Å². The average Bonchev–Trinajstić information content (AvgIpc) is 2.42. The molecule has 2 aromatic rings. The highest BCUT2D eigenvalue weighted by atomic mass is 35.5. The third-order valence-corrected chi connectivity index (χ3v) is 4.09. The predicted molar refractivity (Wildman–Crippen MR) is 75.1 cm³/mol. The lowest BCUT2D eigenvalue weighted by Gasteiger charge is -2.28. The zero-order chi connectivity index (χ0) is 12.4. The van der Waals surface area contributed by atoms with Crippen molar-refractivity contribution >= 4 is 28.2 Å². The molecule has 4 heteroatoms. The number of hydrogen-bond donors (Lipinski definition) is 1. The van der Waals surface area contributed by atoms with Crippen LogP contribution in [0, 0.1) is 0 Å². The maximum absolute atomic E-state index is 6.39. The monoisotopic (exact) mass is 261 g/mol. The Kier molecular flexibility index (Phi) is 3.33. The van der Waals surface area contributed by atoms with Crippen LogP contribution in [0.3, 0.4) is 0 Å². The van der Waals surface area contributed by atoms with Gasteiger partial charge >= 0.3 is 0 Å². The van der Waals surface area contributed by atoms with Crippen LogP contribution in [0.5, 0.6) is 0 Å². The van der Waals surface area contributed by atoms with Crippen LogP contribution in [0.15, 0.2) is 30.5 Å². The first kappa shape index (κ1) is 11.7. The molecule has 0 amide bonds. The number of anilines is 1. The first-order valence-electron chi connectivity index (χ1n) is 6.45. The van der Waals surface area contributed by atoms with E-state index in [1.165, 1.54) is 12.8 Å². The van der Waals surface area contributed by atoms with E-state index in [1.807, 2.05) is 18.2 Å². The number of halogens is 1. The number of alkyl halides is 1. The Labute approximate surface area is 112 Å². The van der Waals surface area contributed by atoms with E-state index in [1.54, 1.807) is 6.20 Å². The van der Waals surface area contributed by atoms with Gasteiger partial charge in [-0.15, -0.1) is 11.6 Å². The molecule has 1 aliphatic carbocycles. The molecule has 1 saturated carbocycles. The van der Waals surface area contributed by atoms with Gasteiger partial charge in [0.25, 0.3) is 0 Å². The normalized spacial score (nSPS) is 24.1. The zero-order valence-electron chi connectivity index (χ0n) is 10.1. The second-order valence-electron chi connectivity index (χ2n) is 4.83. The molecule has 1 aromatic heterocycles. The molecule has 0 aliphatic heterocycles. The summed E-state index contributed by atoms with van der Waals surface area (Å²) in [6.07, 6.45) is 6.50. The summed E-state index contributed by atoms with van der Waals surface area (Å²) in [6.45, 7) is 0. The number of fused-ring (bicyclic) bond motifs is 1. The van der Waals surface area contributed by atoms with Gasteiger partial charge in [-0.2, -0.15) is 10.2 Å². The molecule has 3 rings (SSSR count). The lowest BCUT2D eigenvalue weighted by molar-refractivity contribution is 0.469. The molecule has 0 spiro atoms. The van der Waals surface area contributed by atoms with Crippen LogP contribution in [-0.2, 0) is 0 Å². The molecule has 1 N–H and O–H groups in total. The van der Waals surface area contributed by atoms with Crippen LogP contribution in [0.1, 0.15) is 25.7 Å². The number of nitrogens with one attached hydrogen (secondary N) is 1. The second kappa shape index (κ2) is 5.11. The quantitative estimate of drug-likeness (QED) is 0.840. The summed E-state index contributed by atoms with van der Waals surface area (Å²) in [5, 5.41) is 13.0. The number of aromatic nitrogens is 2. The van der Waals surface area contributed by atoms with Gasteiger partial charge in [-0.3, -0.25) is 0 Å². The van der Waals surface area contributed by atoms with E-state index in [0.717, 1.165) is 29.4 Å². The summed E-state index contributed by atoms with van der Waals surface area (Å²) in [4.78, 5) is 0. The Morgan fingerprint density at radius 3 is 2.89 bits per heavy atom. The summed E-state index contributed by atoms with van der Waals surface area (Å²) in [7, 11) is 0. The summed E-state index contributed by atoms with van der Waals surface area (Å²) in [6, 6.07) is 8.39. The van der Waals surface area contributed by atoms with Crippen LogP contribution in [0.4, 0.5) is 5.69 Å². The number of benzene rings is 1. The second-order valence-corrected chi connectivity index (χ2v) is 5.39. The molecule has 0 saturated heterocycles. The van der Waals surface area contributed by atoms with Crippen molar-refractivity contribution in [3.05, 3.63) is 30.5 Å². The number of nitrogens with zero attached hydrogens (tertiary/aromatic N) is 2. The molecule has 1 aliphatic rings. The van der Waals surface area contributed by atoms with Gasteiger partial charge in [-0.1, -0.05) is 31.0 Å². The predicted octanol–water partition coefficient (Wildman–Crippen LogP) is 3.59. The molecule has 94 valence electrons. The molecule has 2 unspecified atom stereocenters. The molecule has 18 heavy (non-hydrogen) atoms. The lowest BCUT2D eigenvalue weighted by atomic mass is 9.94. The number of hydrogen-bond acceptors (Lipinski definition) is 3. The van der Waals surface area contributed by atoms with Gasteiger partial charge < -0.3 is 5.32 Å². The largest absolute Gasteiger partial charge is 0.379 e. The van der Waals surface area contributed by atoms with Crippen molar-refractivity contribution in [1.29, 1.82) is 0 Å². The third kappa shape index (κ3) is 2.27. The topological polar surface area (TPSA) is 37.8 Å². The molecule has 1 heterocycles. The van der Waals surface area contributed by atoms with Crippen molar-refractivity contribution in [3.8, 4) is 0 Å². The van der Waals surface area contributed by atoms with E-state index in [4.69, 9.17) is 11.6 Å². The van der Waals surface area contributed by atoms with Crippen molar-refractivity contribution in [2.24, 2.45) is 0 Å². The highest BCUT2D eigenvalue weighted by molar-refractivity contribution is 6.21. The Morgan fingerprint density at radius 1 is 1.17 bits per heavy atom. The molecule has 3 nitrogen and oxygen atoms in total. The van der Waals surface area contributed by atoms with Gasteiger partial charge in [-0.25, -0.2) is 0 Å². The summed E-state index contributed by atoms with van der Waals surface area (Å²) in [5.74, 6) is 0. The Bertz CT molecular complexity index is 538. The van der Waals surface area contributed by atoms with Gasteiger partial charge in [0.15, 0.2) is 0 Å². The van der Waals surface area contributed by atoms with E-state index in [9.17, 15) is 0 Å². The minimum absolute atomic E-state index is 0.214. The minimum atomic E-state index is 0.214. The zero-order valence-corrected chi connectivity index (χ0v) is 10.9. The standard InChI is InChI=1S/C14H16ClN3/c15-11-6-2-4-8-13(11)17-14-9-16-18-12-7-3-1-5-10(12)14/h1,3,5,7,9,11,13H,2,4,6,8H2,(H,17,18). The highest BCUT2D eigenvalue weighted by Gasteiger charge is 2.23. The first-order chi connectivity index (χ1) is 8.84. The van der Waals surface area contributed by atoms with Crippen molar-refractivity contribution < 1.29 is 0 Å². The van der Waals surface area contributed by atoms with Gasteiger partial charge in [0, 0.05) is 11.4 Å².